The first kappa shape index (κ1) is 8.35. The quantitative estimate of drug-likeness (QED) is 0.668. The summed E-state index contributed by atoms with van der Waals surface area (Å²) in [6, 6.07) is 5.80. The second-order valence-electron chi connectivity index (χ2n) is 2.45. The van der Waals surface area contributed by atoms with E-state index in [-0.39, 0.29) is 0 Å². The van der Waals surface area contributed by atoms with Crippen LogP contribution in [0.3, 0.4) is 0 Å². The Morgan fingerprint density at radius 1 is 1.50 bits per heavy atom. The van der Waals surface area contributed by atoms with E-state index in [1.165, 1.54) is 0 Å². The summed E-state index contributed by atoms with van der Waals surface area (Å²) < 4.78 is 0. The van der Waals surface area contributed by atoms with Crippen LogP contribution in [0.15, 0.2) is 23.1 Å². The van der Waals surface area contributed by atoms with Crippen LogP contribution in [0.2, 0.25) is 5.02 Å². The standard InChI is InChI=1S/C8H6ClNS2/c9-5-2-1-3-6-8(5)12-4-7(11)10-6/h1-3H,4H2,(H,10,11). The minimum absolute atomic E-state index is 0.799. The molecule has 1 aromatic rings. The Kier molecular flexibility index (Phi) is 2.26. The minimum Gasteiger partial charge on any atom is -0.348 e. The van der Waals surface area contributed by atoms with Crippen molar-refractivity contribution >= 4 is 46.3 Å². The molecule has 0 atom stereocenters. The number of rotatable bonds is 0. The summed E-state index contributed by atoms with van der Waals surface area (Å²) in [4.78, 5) is 1.97. The molecule has 0 bridgehead atoms. The maximum absolute atomic E-state index is 5.99. The Labute approximate surface area is 85.5 Å². The van der Waals surface area contributed by atoms with Gasteiger partial charge in [0.25, 0.3) is 0 Å². The molecule has 0 aromatic heterocycles. The SMILES string of the molecule is S=C1CSc2c(Cl)cccc2N1. The molecule has 62 valence electrons. The predicted octanol–water partition coefficient (Wildman–Crippen LogP) is 3.19. The third kappa shape index (κ3) is 1.44. The van der Waals surface area contributed by atoms with Crippen molar-refractivity contribution in [2.45, 2.75) is 4.90 Å². The summed E-state index contributed by atoms with van der Waals surface area (Å²) >= 11 is 12.7. The second-order valence-corrected chi connectivity index (χ2v) is 4.34. The monoisotopic (exact) mass is 215 g/mol. The molecule has 2 rings (SSSR count). The average molecular weight is 216 g/mol. The van der Waals surface area contributed by atoms with Crippen molar-refractivity contribution in [1.82, 2.24) is 0 Å². The Balaban J connectivity index is 2.48. The fourth-order valence-corrected chi connectivity index (χ4v) is 2.53. The third-order valence-corrected chi connectivity index (χ3v) is 3.61. The van der Waals surface area contributed by atoms with E-state index in [1.54, 1.807) is 11.8 Å². The van der Waals surface area contributed by atoms with Crippen LogP contribution >= 0.6 is 35.6 Å². The molecule has 1 aliphatic heterocycles. The van der Waals surface area contributed by atoms with Crippen molar-refractivity contribution in [2.75, 3.05) is 11.1 Å². The van der Waals surface area contributed by atoms with Crippen molar-refractivity contribution in [1.29, 1.82) is 0 Å². The molecule has 0 saturated carbocycles. The fraction of sp³-hybridized carbons (Fsp3) is 0.125. The number of hydrogen-bond donors (Lipinski definition) is 1. The van der Waals surface area contributed by atoms with E-state index in [9.17, 15) is 0 Å². The van der Waals surface area contributed by atoms with E-state index in [4.69, 9.17) is 23.8 Å². The highest BCUT2D eigenvalue weighted by Gasteiger charge is 2.14. The van der Waals surface area contributed by atoms with Gasteiger partial charge in [-0.1, -0.05) is 29.9 Å². The van der Waals surface area contributed by atoms with E-state index in [1.807, 2.05) is 18.2 Å². The molecule has 1 aromatic carbocycles. The molecule has 0 amide bonds. The van der Waals surface area contributed by atoms with Gasteiger partial charge < -0.3 is 5.32 Å². The van der Waals surface area contributed by atoms with Crippen LogP contribution in [0.5, 0.6) is 0 Å². The number of thiocarbonyl (C=S) groups is 1. The molecule has 1 N–H and O–H groups in total. The minimum atomic E-state index is 0.799. The van der Waals surface area contributed by atoms with Gasteiger partial charge in [0.15, 0.2) is 0 Å². The summed E-state index contributed by atoms with van der Waals surface area (Å²) in [6.45, 7) is 0. The molecule has 0 fully saturated rings. The molecule has 1 heterocycles. The van der Waals surface area contributed by atoms with Crippen molar-refractivity contribution in [2.24, 2.45) is 0 Å². The summed E-state index contributed by atoms with van der Waals surface area (Å²) in [5.41, 5.74) is 1.03. The maximum Gasteiger partial charge on any atom is 0.0901 e. The summed E-state index contributed by atoms with van der Waals surface area (Å²) in [6.07, 6.45) is 0. The van der Waals surface area contributed by atoms with Crippen LogP contribution in [0, 0.1) is 0 Å². The van der Waals surface area contributed by atoms with Crippen LogP contribution in [-0.4, -0.2) is 10.7 Å². The number of halogens is 1. The van der Waals surface area contributed by atoms with Crippen LogP contribution < -0.4 is 5.32 Å². The van der Waals surface area contributed by atoms with E-state index in [0.29, 0.717) is 0 Å². The van der Waals surface area contributed by atoms with Gasteiger partial charge in [-0.05, 0) is 12.1 Å². The lowest BCUT2D eigenvalue weighted by molar-refractivity contribution is 1.42. The van der Waals surface area contributed by atoms with Crippen molar-refractivity contribution in [3.8, 4) is 0 Å². The second kappa shape index (κ2) is 3.24. The lowest BCUT2D eigenvalue weighted by Gasteiger charge is -2.18. The van der Waals surface area contributed by atoms with Crippen LogP contribution in [-0.2, 0) is 0 Å². The van der Waals surface area contributed by atoms with Gasteiger partial charge in [0.1, 0.15) is 0 Å². The van der Waals surface area contributed by atoms with Gasteiger partial charge in [-0.2, -0.15) is 0 Å². The molecule has 0 saturated heterocycles. The highest BCUT2D eigenvalue weighted by atomic mass is 35.5. The molecule has 4 heteroatoms. The van der Waals surface area contributed by atoms with Crippen LogP contribution in [0.1, 0.15) is 0 Å². The van der Waals surface area contributed by atoms with Crippen LogP contribution in [0.4, 0.5) is 5.69 Å². The predicted molar refractivity (Wildman–Crippen MR) is 58.4 cm³/mol. The first-order chi connectivity index (χ1) is 5.77. The van der Waals surface area contributed by atoms with Gasteiger partial charge >= 0.3 is 0 Å². The van der Waals surface area contributed by atoms with Crippen molar-refractivity contribution < 1.29 is 0 Å². The van der Waals surface area contributed by atoms with Gasteiger partial charge in [0.05, 0.1) is 15.7 Å². The zero-order valence-corrected chi connectivity index (χ0v) is 8.52. The summed E-state index contributed by atoms with van der Waals surface area (Å²) in [5.74, 6) is 0.825. The normalized spacial score (nSPS) is 15.2. The number of thioether (sulfide) groups is 1. The number of anilines is 1. The van der Waals surface area contributed by atoms with E-state index in [2.05, 4.69) is 5.32 Å². The topological polar surface area (TPSA) is 12.0 Å². The van der Waals surface area contributed by atoms with E-state index in [0.717, 1.165) is 26.3 Å². The number of hydrogen-bond acceptors (Lipinski definition) is 2. The summed E-state index contributed by atoms with van der Waals surface area (Å²) in [5, 5.41) is 3.93. The van der Waals surface area contributed by atoms with Gasteiger partial charge in [-0.25, -0.2) is 0 Å². The molecular formula is C8H6ClNS2. The highest BCUT2D eigenvalue weighted by molar-refractivity contribution is 8.01. The Morgan fingerprint density at radius 3 is 3.17 bits per heavy atom. The number of nitrogens with one attached hydrogen (secondary N) is 1. The van der Waals surface area contributed by atoms with Crippen LogP contribution in [0.25, 0.3) is 0 Å². The molecule has 0 spiro atoms. The maximum atomic E-state index is 5.99. The largest absolute Gasteiger partial charge is 0.348 e. The first-order valence-electron chi connectivity index (χ1n) is 3.48. The zero-order chi connectivity index (χ0) is 8.55. The van der Waals surface area contributed by atoms with Gasteiger partial charge in [-0.15, -0.1) is 11.8 Å². The Morgan fingerprint density at radius 2 is 2.33 bits per heavy atom. The lowest BCUT2D eigenvalue weighted by atomic mass is 10.3. The molecule has 0 radical (unpaired) electrons. The third-order valence-electron chi connectivity index (χ3n) is 1.59. The van der Waals surface area contributed by atoms with E-state index >= 15 is 0 Å². The molecule has 0 aliphatic carbocycles. The Bertz CT molecular complexity index is 338. The first-order valence-corrected chi connectivity index (χ1v) is 5.26. The number of benzene rings is 1. The van der Waals surface area contributed by atoms with Gasteiger partial charge in [-0.3, -0.25) is 0 Å². The molecule has 1 nitrogen and oxygen atoms in total. The Hall–Kier alpha value is -0.250. The van der Waals surface area contributed by atoms with Crippen molar-refractivity contribution in [3.63, 3.8) is 0 Å². The smallest absolute Gasteiger partial charge is 0.0901 e. The molecular weight excluding hydrogens is 210 g/mol. The van der Waals surface area contributed by atoms with Gasteiger partial charge in [0, 0.05) is 10.6 Å². The van der Waals surface area contributed by atoms with Gasteiger partial charge in [0.2, 0.25) is 0 Å². The highest BCUT2D eigenvalue weighted by Crippen LogP contribution is 2.37. The number of fused-ring (bicyclic) bond motifs is 1. The lowest BCUT2D eigenvalue weighted by Crippen LogP contribution is -2.16. The average Bonchev–Trinajstić information content (AvgIpc) is 2.04. The molecule has 0 unspecified atom stereocenters. The van der Waals surface area contributed by atoms with Crippen molar-refractivity contribution in [3.05, 3.63) is 23.2 Å². The fourth-order valence-electron chi connectivity index (χ4n) is 1.08. The molecule has 1 aliphatic rings. The van der Waals surface area contributed by atoms with E-state index < -0.39 is 0 Å². The zero-order valence-electron chi connectivity index (χ0n) is 6.13. The summed E-state index contributed by atoms with van der Waals surface area (Å²) in [7, 11) is 0. The molecule has 12 heavy (non-hydrogen) atoms.